The third kappa shape index (κ3) is 9.43. The van der Waals surface area contributed by atoms with E-state index in [2.05, 4.69) is 15.6 Å². The molecule has 1 atom stereocenters. The molecule has 166 valence electrons. The van der Waals surface area contributed by atoms with E-state index < -0.39 is 11.6 Å². The second-order valence-corrected chi connectivity index (χ2v) is 6.74. The van der Waals surface area contributed by atoms with Crippen LogP contribution in [-0.4, -0.2) is 65.1 Å². The molecular weight excluding hydrogens is 493 g/mol. The Morgan fingerprint density at radius 3 is 2.79 bits per heavy atom. The minimum absolute atomic E-state index is 0. The standard InChI is InChI=1S/C20H32F2N4O2.HI/c1-3-23-20(24-9-4-5-11-28-13-12-27-2)25-17-8-10-26(15-17)19-7-6-16(21)14-18(19)22;/h6-7,14,17H,3-5,8-13,15H2,1-2H3,(H2,23,24,25);1H. The first kappa shape index (κ1) is 25.8. The van der Waals surface area contributed by atoms with Crippen LogP contribution in [-0.2, 0) is 9.47 Å². The van der Waals surface area contributed by atoms with Crippen molar-refractivity contribution in [3.05, 3.63) is 29.8 Å². The van der Waals surface area contributed by atoms with Gasteiger partial charge in [-0.2, -0.15) is 0 Å². The third-order valence-electron chi connectivity index (χ3n) is 4.52. The van der Waals surface area contributed by atoms with E-state index in [0.29, 0.717) is 38.6 Å². The van der Waals surface area contributed by atoms with Crippen LogP contribution in [0.1, 0.15) is 26.2 Å². The minimum atomic E-state index is -0.555. The quantitative estimate of drug-likeness (QED) is 0.201. The summed E-state index contributed by atoms with van der Waals surface area (Å²) in [6, 6.07) is 3.89. The normalized spacial score (nSPS) is 16.6. The molecule has 1 heterocycles. The molecule has 2 rings (SSSR count). The van der Waals surface area contributed by atoms with Gasteiger partial charge >= 0.3 is 0 Å². The predicted molar refractivity (Wildman–Crippen MR) is 123 cm³/mol. The average Bonchev–Trinajstić information content (AvgIpc) is 3.12. The van der Waals surface area contributed by atoms with E-state index in [9.17, 15) is 8.78 Å². The van der Waals surface area contributed by atoms with Gasteiger partial charge in [0, 0.05) is 52.0 Å². The molecule has 0 aromatic heterocycles. The van der Waals surface area contributed by atoms with Gasteiger partial charge in [-0.1, -0.05) is 0 Å². The number of methoxy groups -OCH3 is 1. The Morgan fingerprint density at radius 2 is 2.07 bits per heavy atom. The zero-order chi connectivity index (χ0) is 20.2. The van der Waals surface area contributed by atoms with Crippen molar-refractivity contribution >= 4 is 35.6 Å². The molecule has 1 aliphatic heterocycles. The van der Waals surface area contributed by atoms with Gasteiger partial charge in [0.05, 0.1) is 18.9 Å². The van der Waals surface area contributed by atoms with Crippen molar-refractivity contribution < 1.29 is 18.3 Å². The highest BCUT2D eigenvalue weighted by molar-refractivity contribution is 14.0. The van der Waals surface area contributed by atoms with Gasteiger partial charge in [-0.05, 0) is 38.3 Å². The molecule has 6 nitrogen and oxygen atoms in total. The van der Waals surface area contributed by atoms with Crippen LogP contribution in [0.25, 0.3) is 0 Å². The molecule has 1 aromatic rings. The van der Waals surface area contributed by atoms with Gasteiger partial charge in [0.15, 0.2) is 5.96 Å². The van der Waals surface area contributed by atoms with Crippen LogP contribution in [0.2, 0.25) is 0 Å². The zero-order valence-electron chi connectivity index (χ0n) is 17.3. The van der Waals surface area contributed by atoms with Gasteiger partial charge < -0.3 is 25.0 Å². The molecule has 0 bridgehead atoms. The van der Waals surface area contributed by atoms with E-state index in [4.69, 9.17) is 9.47 Å². The van der Waals surface area contributed by atoms with E-state index in [1.807, 2.05) is 11.8 Å². The first-order valence-corrected chi connectivity index (χ1v) is 9.95. The molecule has 9 heteroatoms. The lowest BCUT2D eigenvalue weighted by molar-refractivity contribution is 0.0690. The number of nitrogens with one attached hydrogen (secondary N) is 2. The summed E-state index contributed by atoms with van der Waals surface area (Å²) in [4.78, 5) is 6.55. The third-order valence-corrected chi connectivity index (χ3v) is 4.52. The van der Waals surface area contributed by atoms with Crippen LogP contribution in [0.5, 0.6) is 0 Å². The first-order chi connectivity index (χ1) is 13.6. The number of hydrogen-bond donors (Lipinski definition) is 2. The number of aliphatic imine (C=N–C) groups is 1. The molecule has 1 fully saturated rings. The number of benzene rings is 1. The second kappa shape index (κ2) is 14.7. The summed E-state index contributed by atoms with van der Waals surface area (Å²) in [5.41, 5.74) is 0.445. The number of hydrogen-bond acceptors (Lipinski definition) is 4. The SMILES string of the molecule is CCNC(=NCCCCOCCOC)NC1CCN(c2ccc(F)cc2F)C1.I. The molecule has 0 radical (unpaired) electrons. The molecule has 0 amide bonds. The highest BCUT2D eigenvalue weighted by Crippen LogP contribution is 2.24. The monoisotopic (exact) mass is 526 g/mol. The number of nitrogens with zero attached hydrogens (tertiary/aromatic N) is 2. The van der Waals surface area contributed by atoms with Gasteiger partial charge in [0.1, 0.15) is 11.6 Å². The van der Waals surface area contributed by atoms with Crippen molar-refractivity contribution in [3.63, 3.8) is 0 Å². The molecule has 2 N–H and O–H groups in total. The summed E-state index contributed by atoms with van der Waals surface area (Å²) < 4.78 is 37.5. The fourth-order valence-corrected chi connectivity index (χ4v) is 3.10. The molecular formula is C20H33F2IN4O2. The van der Waals surface area contributed by atoms with Crippen LogP contribution in [0.3, 0.4) is 0 Å². The van der Waals surface area contributed by atoms with E-state index in [0.717, 1.165) is 44.4 Å². The molecule has 1 aliphatic rings. The fraction of sp³-hybridized carbons (Fsp3) is 0.650. The van der Waals surface area contributed by atoms with Crippen molar-refractivity contribution in [3.8, 4) is 0 Å². The van der Waals surface area contributed by atoms with Crippen molar-refractivity contribution in [2.24, 2.45) is 4.99 Å². The Bertz CT molecular complexity index is 622. The van der Waals surface area contributed by atoms with E-state index in [1.165, 1.54) is 12.1 Å². The summed E-state index contributed by atoms with van der Waals surface area (Å²) in [5, 5.41) is 6.67. The van der Waals surface area contributed by atoms with Crippen LogP contribution >= 0.6 is 24.0 Å². The maximum Gasteiger partial charge on any atom is 0.191 e. The molecule has 1 saturated heterocycles. The summed E-state index contributed by atoms with van der Waals surface area (Å²) in [7, 11) is 1.66. The second-order valence-electron chi connectivity index (χ2n) is 6.74. The Morgan fingerprint density at radius 1 is 1.24 bits per heavy atom. The summed E-state index contributed by atoms with van der Waals surface area (Å²) in [6.07, 6.45) is 2.77. The van der Waals surface area contributed by atoms with Gasteiger partial charge in [-0.15, -0.1) is 24.0 Å². The molecule has 0 saturated carbocycles. The first-order valence-electron chi connectivity index (χ1n) is 9.95. The Hall–Kier alpha value is -1.20. The highest BCUT2D eigenvalue weighted by atomic mass is 127. The van der Waals surface area contributed by atoms with Crippen LogP contribution in [0.15, 0.2) is 23.2 Å². The van der Waals surface area contributed by atoms with Crippen molar-refractivity contribution in [1.82, 2.24) is 10.6 Å². The molecule has 0 spiro atoms. The number of anilines is 1. The molecule has 29 heavy (non-hydrogen) atoms. The van der Waals surface area contributed by atoms with Crippen LogP contribution in [0.4, 0.5) is 14.5 Å². The largest absolute Gasteiger partial charge is 0.382 e. The lowest BCUT2D eigenvalue weighted by atomic mass is 10.2. The van der Waals surface area contributed by atoms with Gasteiger partial charge in [0.2, 0.25) is 0 Å². The maximum atomic E-state index is 14.0. The average molecular weight is 526 g/mol. The predicted octanol–water partition coefficient (Wildman–Crippen LogP) is 3.16. The van der Waals surface area contributed by atoms with E-state index in [-0.39, 0.29) is 30.0 Å². The topological polar surface area (TPSA) is 58.1 Å². The smallest absolute Gasteiger partial charge is 0.191 e. The Labute approximate surface area is 189 Å². The van der Waals surface area contributed by atoms with Crippen molar-refractivity contribution in [2.45, 2.75) is 32.2 Å². The number of ether oxygens (including phenoxy) is 2. The fourth-order valence-electron chi connectivity index (χ4n) is 3.10. The Kier molecular flexibility index (Phi) is 13.1. The van der Waals surface area contributed by atoms with Crippen molar-refractivity contribution in [1.29, 1.82) is 0 Å². The summed E-state index contributed by atoms with van der Waals surface area (Å²) in [5.74, 6) is -0.302. The summed E-state index contributed by atoms with van der Waals surface area (Å²) in [6.45, 7) is 6.84. The van der Waals surface area contributed by atoms with E-state index in [1.54, 1.807) is 7.11 Å². The number of unbranched alkanes of at least 4 members (excludes halogenated alkanes) is 1. The minimum Gasteiger partial charge on any atom is -0.382 e. The summed E-state index contributed by atoms with van der Waals surface area (Å²) >= 11 is 0. The van der Waals surface area contributed by atoms with Gasteiger partial charge in [-0.25, -0.2) is 8.78 Å². The number of guanidine groups is 1. The molecule has 1 unspecified atom stereocenters. The zero-order valence-corrected chi connectivity index (χ0v) is 19.6. The molecule has 0 aliphatic carbocycles. The van der Waals surface area contributed by atoms with E-state index >= 15 is 0 Å². The van der Waals surface area contributed by atoms with Crippen LogP contribution in [0, 0.1) is 11.6 Å². The van der Waals surface area contributed by atoms with Crippen LogP contribution < -0.4 is 15.5 Å². The highest BCUT2D eigenvalue weighted by Gasteiger charge is 2.25. The lowest BCUT2D eigenvalue weighted by Crippen LogP contribution is -2.44. The number of rotatable bonds is 11. The lowest BCUT2D eigenvalue weighted by Gasteiger charge is -2.21. The van der Waals surface area contributed by atoms with Gasteiger partial charge in [0.25, 0.3) is 0 Å². The molecule has 1 aromatic carbocycles. The van der Waals surface area contributed by atoms with Crippen molar-refractivity contribution in [2.75, 3.05) is 58.0 Å². The maximum absolute atomic E-state index is 14.0. The number of halogens is 3. The Balaban J connectivity index is 0.00000420. The van der Waals surface area contributed by atoms with Gasteiger partial charge in [-0.3, -0.25) is 4.99 Å².